The Balaban J connectivity index is 1.59. The number of thioether (sulfide) groups is 1. The average molecular weight is 384 g/mol. The maximum absolute atomic E-state index is 13.0. The lowest BCUT2D eigenvalue weighted by atomic mass is 9.97. The van der Waals surface area contributed by atoms with Crippen LogP contribution in [0.5, 0.6) is 0 Å². The summed E-state index contributed by atoms with van der Waals surface area (Å²) in [5, 5.41) is 9.26. The van der Waals surface area contributed by atoms with Gasteiger partial charge in [0, 0.05) is 18.0 Å². The predicted molar refractivity (Wildman–Crippen MR) is 108 cm³/mol. The molecule has 1 atom stereocenters. The molecule has 5 heteroatoms. The summed E-state index contributed by atoms with van der Waals surface area (Å²) in [6.07, 6.45) is 3.46. The molecule has 1 amide bonds. The Kier molecular flexibility index (Phi) is 6.93. The first-order valence-electron chi connectivity index (χ1n) is 9.43. The zero-order valence-electron chi connectivity index (χ0n) is 15.3. The lowest BCUT2D eigenvalue weighted by Gasteiger charge is -2.31. The van der Waals surface area contributed by atoms with Crippen molar-refractivity contribution in [2.45, 2.75) is 30.6 Å². The summed E-state index contributed by atoms with van der Waals surface area (Å²) < 4.78 is 0. The minimum atomic E-state index is -0.809. The van der Waals surface area contributed by atoms with E-state index in [-0.39, 0.29) is 5.91 Å². The summed E-state index contributed by atoms with van der Waals surface area (Å²) in [5.41, 5.74) is 2.02. The molecule has 27 heavy (non-hydrogen) atoms. The maximum Gasteiger partial charge on any atom is 0.308 e. The number of rotatable bonds is 7. The third-order valence-corrected chi connectivity index (χ3v) is 6.05. The van der Waals surface area contributed by atoms with Gasteiger partial charge in [-0.2, -0.15) is 0 Å². The molecule has 2 aromatic rings. The van der Waals surface area contributed by atoms with Gasteiger partial charge in [0.05, 0.1) is 11.5 Å². The largest absolute Gasteiger partial charge is 0.481 e. The molecule has 0 unspecified atom stereocenters. The van der Waals surface area contributed by atoms with Crippen LogP contribution in [0.3, 0.4) is 0 Å². The molecular weight excluding hydrogens is 358 g/mol. The van der Waals surface area contributed by atoms with Crippen LogP contribution in [0.25, 0.3) is 0 Å². The van der Waals surface area contributed by atoms with E-state index in [9.17, 15) is 14.7 Å². The highest BCUT2D eigenvalue weighted by Crippen LogP contribution is 2.27. The van der Waals surface area contributed by atoms with Gasteiger partial charge in [-0.15, -0.1) is 11.8 Å². The van der Waals surface area contributed by atoms with Gasteiger partial charge >= 0.3 is 5.97 Å². The zero-order valence-corrected chi connectivity index (χ0v) is 16.2. The van der Waals surface area contributed by atoms with E-state index in [0.29, 0.717) is 25.1 Å². The standard InChI is InChI=1S/C22H25NO3S/c24-21(23-14-6-11-18(16-23)22(25)26)19-12-4-5-13-20(19)27-15-7-10-17-8-2-1-3-9-17/h1-5,8-9,12-13,18H,6-7,10-11,14-16H2,(H,25,26)/t18-/m1/s1. The highest BCUT2D eigenvalue weighted by molar-refractivity contribution is 7.99. The van der Waals surface area contributed by atoms with Crippen molar-refractivity contribution in [1.82, 2.24) is 4.90 Å². The second-order valence-electron chi connectivity index (χ2n) is 6.86. The normalized spacial score (nSPS) is 16.9. The van der Waals surface area contributed by atoms with E-state index < -0.39 is 11.9 Å². The first-order chi connectivity index (χ1) is 13.1. The Morgan fingerprint density at radius 3 is 2.59 bits per heavy atom. The Hall–Kier alpha value is -2.27. The van der Waals surface area contributed by atoms with Crippen molar-refractivity contribution in [3.05, 3.63) is 65.7 Å². The Bertz CT molecular complexity index is 778. The Labute approximate surface area is 164 Å². The molecule has 2 aromatic carbocycles. The number of piperidine rings is 1. The van der Waals surface area contributed by atoms with Crippen molar-refractivity contribution in [1.29, 1.82) is 0 Å². The van der Waals surface area contributed by atoms with Crippen LogP contribution in [0.4, 0.5) is 0 Å². The number of aliphatic carboxylic acids is 1. The highest BCUT2D eigenvalue weighted by Gasteiger charge is 2.29. The van der Waals surface area contributed by atoms with Crippen LogP contribution in [-0.4, -0.2) is 40.7 Å². The van der Waals surface area contributed by atoms with Gasteiger partial charge in [0.1, 0.15) is 0 Å². The van der Waals surface area contributed by atoms with Gasteiger partial charge < -0.3 is 10.0 Å². The van der Waals surface area contributed by atoms with E-state index in [2.05, 4.69) is 24.3 Å². The summed E-state index contributed by atoms with van der Waals surface area (Å²) in [6, 6.07) is 18.1. The zero-order chi connectivity index (χ0) is 19.1. The number of hydrogen-bond donors (Lipinski definition) is 1. The van der Waals surface area contributed by atoms with Crippen LogP contribution in [0.1, 0.15) is 35.2 Å². The number of hydrogen-bond acceptors (Lipinski definition) is 3. The van der Waals surface area contributed by atoms with Crippen LogP contribution in [0, 0.1) is 5.92 Å². The van der Waals surface area contributed by atoms with Gasteiger partial charge in [-0.3, -0.25) is 9.59 Å². The number of carboxylic acids is 1. The molecule has 0 saturated carbocycles. The van der Waals surface area contributed by atoms with Gasteiger partial charge in [-0.1, -0.05) is 42.5 Å². The maximum atomic E-state index is 13.0. The van der Waals surface area contributed by atoms with E-state index in [1.54, 1.807) is 16.7 Å². The molecular formula is C22H25NO3S. The van der Waals surface area contributed by atoms with Crippen LogP contribution < -0.4 is 0 Å². The third-order valence-electron chi connectivity index (χ3n) is 4.89. The van der Waals surface area contributed by atoms with E-state index in [1.165, 1.54) is 5.56 Å². The number of carbonyl (C=O) groups is 2. The molecule has 0 aromatic heterocycles. The fourth-order valence-corrected chi connectivity index (χ4v) is 4.40. The van der Waals surface area contributed by atoms with Crippen molar-refractivity contribution in [3.63, 3.8) is 0 Å². The second-order valence-corrected chi connectivity index (χ2v) is 8.00. The second kappa shape index (κ2) is 9.60. The molecule has 0 bridgehead atoms. The molecule has 4 nitrogen and oxygen atoms in total. The molecule has 3 rings (SSSR count). The number of carbonyl (C=O) groups excluding carboxylic acids is 1. The summed E-state index contributed by atoms with van der Waals surface area (Å²) in [4.78, 5) is 26.9. The number of aryl methyl sites for hydroxylation is 1. The van der Waals surface area contributed by atoms with Crippen molar-refractivity contribution in [2.75, 3.05) is 18.8 Å². The number of nitrogens with zero attached hydrogens (tertiary/aromatic N) is 1. The summed E-state index contributed by atoms with van der Waals surface area (Å²) in [5.74, 6) is -0.367. The smallest absolute Gasteiger partial charge is 0.308 e. The minimum Gasteiger partial charge on any atom is -0.481 e. The number of likely N-dealkylation sites (tertiary alicyclic amines) is 1. The highest BCUT2D eigenvalue weighted by atomic mass is 32.2. The monoisotopic (exact) mass is 383 g/mol. The molecule has 0 aliphatic carbocycles. The Morgan fingerprint density at radius 1 is 1.07 bits per heavy atom. The van der Waals surface area contributed by atoms with Crippen LogP contribution in [0.15, 0.2) is 59.5 Å². The molecule has 1 N–H and O–H groups in total. The molecule has 1 heterocycles. The number of carboxylic acid groups (broad SMARTS) is 1. The third kappa shape index (κ3) is 5.36. The van der Waals surface area contributed by atoms with Crippen LogP contribution in [-0.2, 0) is 11.2 Å². The van der Waals surface area contributed by atoms with Gasteiger partial charge in [-0.25, -0.2) is 0 Å². The fraction of sp³-hybridized carbons (Fsp3) is 0.364. The first kappa shape index (κ1) is 19.5. The van der Waals surface area contributed by atoms with Crippen LogP contribution >= 0.6 is 11.8 Å². The molecule has 1 fully saturated rings. The van der Waals surface area contributed by atoms with Crippen molar-refractivity contribution in [2.24, 2.45) is 5.92 Å². The fourth-order valence-electron chi connectivity index (χ4n) is 3.41. The van der Waals surface area contributed by atoms with Crippen molar-refractivity contribution < 1.29 is 14.7 Å². The van der Waals surface area contributed by atoms with E-state index in [1.807, 2.05) is 30.3 Å². The molecule has 0 spiro atoms. The predicted octanol–water partition coefficient (Wildman–Crippen LogP) is 4.35. The SMILES string of the molecule is O=C(O)[C@@H]1CCCN(C(=O)c2ccccc2SCCCc2ccccc2)C1. The van der Waals surface area contributed by atoms with E-state index in [0.717, 1.165) is 29.9 Å². The number of benzene rings is 2. The Morgan fingerprint density at radius 2 is 1.81 bits per heavy atom. The van der Waals surface area contributed by atoms with Gasteiger partial charge in [-0.05, 0) is 49.1 Å². The van der Waals surface area contributed by atoms with Crippen molar-refractivity contribution >= 4 is 23.6 Å². The molecule has 142 valence electrons. The molecule has 1 aliphatic rings. The number of amides is 1. The van der Waals surface area contributed by atoms with Gasteiger partial charge in [0.15, 0.2) is 0 Å². The van der Waals surface area contributed by atoms with Gasteiger partial charge in [0.2, 0.25) is 0 Å². The summed E-state index contributed by atoms with van der Waals surface area (Å²) in [6.45, 7) is 0.941. The van der Waals surface area contributed by atoms with Crippen LogP contribution in [0.2, 0.25) is 0 Å². The molecule has 0 radical (unpaired) electrons. The summed E-state index contributed by atoms with van der Waals surface area (Å²) >= 11 is 1.70. The quantitative estimate of drug-likeness (QED) is 0.570. The lowest BCUT2D eigenvalue weighted by Crippen LogP contribution is -2.42. The van der Waals surface area contributed by atoms with E-state index in [4.69, 9.17) is 0 Å². The van der Waals surface area contributed by atoms with E-state index >= 15 is 0 Å². The van der Waals surface area contributed by atoms with Gasteiger partial charge in [0.25, 0.3) is 5.91 Å². The molecule has 1 saturated heterocycles. The topological polar surface area (TPSA) is 57.6 Å². The molecule has 1 aliphatic heterocycles. The van der Waals surface area contributed by atoms with Crippen molar-refractivity contribution in [3.8, 4) is 0 Å². The minimum absolute atomic E-state index is 0.0490. The average Bonchev–Trinajstić information content (AvgIpc) is 2.72. The first-order valence-corrected chi connectivity index (χ1v) is 10.4. The lowest BCUT2D eigenvalue weighted by molar-refractivity contribution is -0.143. The summed E-state index contributed by atoms with van der Waals surface area (Å²) in [7, 11) is 0.